The van der Waals surface area contributed by atoms with E-state index in [0.717, 1.165) is 22.9 Å². The number of amides is 3. The standard InChI is InChI=1S/C14H16N4O3S/c1-8-6-4-5-7-10(8)12-17-18-14(21-12)22-9(2)11(19)16-13(20)15-3/h4-7,9H,1-3H3,(H2,15,16,19,20)/t9-/m1/s1. The molecule has 1 heterocycles. The van der Waals surface area contributed by atoms with Gasteiger partial charge in [-0.3, -0.25) is 10.1 Å². The highest BCUT2D eigenvalue weighted by molar-refractivity contribution is 8.00. The van der Waals surface area contributed by atoms with Gasteiger partial charge in [-0.25, -0.2) is 4.79 Å². The fourth-order valence-electron chi connectivity index (χ4n) is 1.66. The molecule has 0 aliphatic heterocycles. The summed E-state index contributed by atoms with van der Waals surface area (Å²) in [6.07, 6.45) is 0. The molecule has 0 fully saturated rings. The zero-order chi connectivity index (χ0) is 16.1. The van der Waals surface area contributed by atoms with Crippen LogP contribution in [0.4, 0.5) is 4.79 Å². The van der Waals surface area contributed by atoms with E-state index in [4.69, 9.17) is 4.42 Å². The maximum Gasteiger partial charge on any atom is 0.321 e. The Kier molecular flexibility index (Phi) is 5.16. The summed E-state index contributed by atoms with van der Waals surface area (Å²) in [4.78, 5) is 22.9. The van der Waals surface area contributed by atoms with E-state index in [1.807, 2.05) is 31.2 Å². The second-order valence-corrected chi connectivity index (χ2v) is 5.81. The predicted octanol–water partition coefficient (Wildman–Crippen LogP) is 1.98. The smallest absolute Gasteiger partial charge is 0.321 e. The van der Waals surface area contributed by atoms with Crippen LogP contribution < -0.4 is 10.6 Å². The molecular weight excluding hydrogens is 304 g/mol. The van der Waals surface area contributed by atoms with Gasteiger partial charge in [0, 0.05) is 12.6 Å². The van der Waals surface area contributed by atoms with Crippen LogP contribution in [0.15, 0.2) is 33.9 Å². The van der Waals surface area contributed by atoms with E-state index in [1.54, 1.807) is 6.92 Å². The van der Waals surface area contributed by atoms with Crippen molar-refractivity contribution in [2.24, 2.45) is 0 Å². The lowest BCUT2D eigenvalue weighted by Gasteiger charge is -2.07. The molecule has 8 heteroatoms. The van der Waals surface area contributed by atoms with E-state index in [9.17, 15) is 9.59 Å². The zero-order valence-electron chi connectivity index (χ0n) is 12.4. The van der Waals surface area contributed by atoms with Gasteiger partial charge < -0.3 is 9.73 Å². The van der Waals surface area contributed by atoms with Crippen LogP contribution in [0.5, 0.6) is 0 Å². The first kappa shape index (κ1) is 16.0. The minimum atomic E-state index is -0.552. The lowest BCUT2D eigenvalue weighted by molar-refractivity contribution is -0.119. The number of aryl methyl sites for hydroxylation is 1. The van der Waals surface area contributed by atoms with Crippen LogP contribution in [0.1, 0.15) is 12.5 Å². The van der Waals surface area contributed by atoms with E-state index in [-0.39, 0.29) is 5.22 Å². The molecule has 2 aromatic rings. The van der Waals surface area contributed by atoms with Crippen LogP contribution in [0.3, 0.4) is 0 Å². The number of aromatic nitrogens is 2. The van der Waals surface area contributed by atoms with Crippen molar-refractivity contribution < 1.29 is 14.0 Å². The van der Waals surface area contributed by atoms with Crippen molar-refractivity contribution in [3.05, 3.63) is 29.8 Å². The second kappa shape index (κ2) is 7.08. The van der Waals surface area contributed by atoms with Crippen LogP contribution in [0.25, 0.3) is 11.5 Å². The molecule has 1 aromatic heterocycles. The van der Waals surface area contributed by atoms with E-state index in [2.05, 4.69) is 20.8 Å². The van der Waals surface area contributed by atoms with Gasteiger partial charge in [0.2, 0.25) is 11.8 Å². The number of carbonyl (C=O) groups is 2. The van der Waals surface area contributed by atoms with Crippen molar-refractivity contribution in [1.82, 2.24) is 20.8 Å². The van der Waals surface area contributed by atoms with E-state index in [1.165, 1.54) is 7.05 Å². The number of carbonyl (C=O) groups excluding carboxylic acids is 2. The molecule has 22 heavy (non-hydrogen) atoms. The highest BCUT2D eigenvalue weighted by Gasteiger charge is 2.20. The first-order valence-electron chi connectivity index (χ1n) is 6.60. The summed E-state index contributed by atoms with van der Waals surface area (Å²) >= 11 is 1.09. The number of hydrogen-bond acceptors (Lipinski definition) is 6. The number of nitrogens with one attached hydrogen (secondary N) is 2. The highest BCUT2D eigenvalue weighted by atomic mass is 32.2. The summed E-state index contributed by atoms with van der Waals surface area (Å²) < 4.78 is 5.56. The van der Waals surface area contributed by atoms with Gasteiger partial charge in [0.25, 0.3) is 5.22 Å². The summed E-state index contributed by atoms with van der Waals surface area (Å²) in [5.74, 6) is -0.0282. The number of nitrogens with zero attached hydrogens (tertiary/aromatic N) is 2. The van der Waals surface area contributed by atoms with Gasteiger partial charge in [-0.05, 0) is 25.5 Å². The number of hydrogen-bond donors (Lipinski definition) is 2. The van der Waals surface area contributed by atoms with Gasteiger partial charge in [0.1, 0.15) is 0 Å². The molecule has 0 saturated carbocycles. The van der Waals surface area contributed by atoms with Gasteiger partial charge in [-0.1, -0.05) is 30.0 Å². The third-order valence-electron chi connectivity index (χ3n) is 2.89. The fraction of sp³-hybridized carbons (Fsp3) is 0.286. The Morgan fingerprint density at radius 3 is 2.68 bits per heavy atom. The molecule has 2 rings (SSSR count). The van der Waals surface area contributed by atoms with Crippen molar-refractivity contribution in [1.29, 1.82) is 0 Å². The number of thioether (sulfide) groups is 1. The average Bonchev–Trinajstić information content (AvgIpc) is 2.95. The van der Waals surface area contributed by atoms with Crippen LogP contribution in [0, 0.1) is 6.92 Å². The zero-order valence-corrected chi connectivity index (χ0v) is 13.2. The monoisotopic (exact) mass is 320 g/mol. The number of benzene rings is 1. The van der Waals surface area contributed by atoms with Gasteiger partial charge in [-0.15, -0.1) is 10.2 Å². The quantitative estimate of drug-likeness (QED) is 0.836. The third-order valence-corrected chi connectivity index (χ3v) is 3.83. The van der Waals surface area contributed by atoms with Gasteiger partial charge in [-0.2, -0.15) is 0 Å². The molecule has 0 aliphatic carbocycles. The maximum atomic E-state index is 11.8. The van der Waals surface area contributed by atoms with Crippen molar-refractivity contribution in [2.75, 3.05) is 7.05 Å². The molecule has 1 aromatic carbocycles. The SMILES string of the molecule is CNC(=O)NC(=O)[C@@H](C)Sc1nnc(-c2ccccc2C)o1. The number of rotatable bonds is 4. The molecule has 0 saturated heterocycles. The van der Waals surface area contributed by atoms with Crippen LogP contribution in [0.2, 0.25) is 0 Å². The average molecular weight is 320 g/mol. The van der Waals surface area contributed by atoms with E-state index >= 15 is 0 Å². The Morgan fingerprint density at radius 1 is 1.27 bits per heavy atom. The van der Waals surface area contributed by atoms with Crippen molar-refractivity contribution in [3.8, 4) is 11.5 Å². The topological polar surface area (TPSA) is 97.1 Å². The molecular formula is C14H16N4O3S. The maximum absolute atomic E-state index is 11.8. The molecule has 0 bridgehead atoms. The lowest BCUT2D eigenvalue weighted by atomic mass is 10.1. The highest BCUT2D eigenvalue weighted by Crippen LogP contribution is 2.27. The van der Waals surface area contributed by atoms with Gasteiger partial charge in [0.15, 0.2) is 0 Å². The third kappa shape index (κ3) is 3.85. The molecule has 1 atom stereocenters. The van der Waals surface area contributed by atoms with Gasteiger partial charge in [0.05, 0.1) is 5.25 Å². The van der Waals surface area contributed by atoms with Crippen LogP contribution >= 0.6 is 11.8 Å². The Hall–Kier alpha value is -2.35. The number of urea groups is 1. The molecule has 0 aliphatic rings. The largest absolute Gasteiger partial charge is 0.411 e. The van der Waals surface area contributed by atoms with Crippen LogP contribution in [-0.2, 0) is 4.79 Å². The van der Waals surface area contributed by atoms with Gasteiger partial charge >= 0.3 is 6.03 Å². The molecule has 116 valence electrons. The Labute approximate surface area is 131 Å². The second-order valence-electron chi connectivity index (χ2n) is 4.52. The minimum absolute atomic E-state index is 0.276. The molecule has 2 N–H and O–H groups in total. The predicted molar refractivity (Wildman–Crippen MR) is 82.4 cm³/mol. The summed E-state index contributed by atoms with van der Waals surface area (Å²) in [6.45, 7) is 3.60. The van der Waals surface area contributed by atoms with E-state index in [0.29, 0.717) is 5.89 Å². The Balaban J connectivity index is 2.05. The summed E-state index contributed by atoms with van der Waals surface area (Å²) in [6, 6.07) is 7.10. The first-order chi connectivity index (χ1) is 10.5. The number of imide groups is 1. The molecule has 0 spiro atoms. The summed E-state index contributed by atoms with van der Waals surface area (Å²) in [5.41, 5.74) is 1.87. The van der Waals surface area contributed by atoms with Crippen LogP contribution in [-0.4, -0.2) is 34.4 Å². The van der Waals surface area contributed by atoms with E-state index < -0.39 is 17.2 Å². The lowest BCUT2D eigenvalue weighted by Crippen LogP contribution is -2.41. The minimum Gasteiger partial charge on any atom is -0.411 e. The molecule has 0 unspecified atom stereocenters. The summed E-state index contributed by atoms with van der Waals surface area (Å²) in [5, 5.41) is 12.2. The van der Waals surface area contributed by atoms with Crippen molar-refractivity contribution in [2.45, 2.75) is 24.3 Å². The Bertz CT molecular complexity index is 686. The fourth-order valence-corrected chi connectivity index (χ4v) is 2.34. The normalized spacial score (nSPS) is 11.8. The Morgan fingerprint density at radius 2 is 2.00 bits per heavy atom. The first-order valence-corrected chi connectivity index (χ1v) is 7.48. The summed E-state index contributed by atoms with van der Waals surface area (Å²) in [7, 11) is 1.44. The van der Waals surface area contributed by atoms with Crippen molar-refractivity contribution >= 4 is 23.7 Å². The van der Waals surface area contributed by atoms with Crippen molar-refractivity contribution in [3.63, 3.8) is 0 Å². The molecule has 3 amide bonds. The molecule has 7 nitrogen and oxygen atoms in total. The molecule has 0 radical (unpaired) electrons.